The molecule has 0 radical (unpaired) electrons. The summed E-state index contributed by atoms with van der Waals surface area (Å²) in [6.07, 6.45) is 5.03. The van der Waals surface area contributed by atoms with E-state index in [1.165, 1.54) is 5.56 Å². The molecule has 0 saturated heterocycles. The van der Waals surface area contributed by atoms with Gasteiger partial charge in [-0.1, -0.05) is 43.2 Å². The number of carboxylic acids is 1. The van der Waals surface area contributed by atoms with Crippen molar-refractivity contribution in [1.29, 1.82) is 0 Å². The maximum Gasteiger partial charge on any atom is 0.303 e. The highest BCUT2D eigenvalue weighted by Crippen LogP contribution is 2.03. The highest BCUT2D eigenvalue weighted by molar-refractivity contribution is 5.76. The lowest BCUT2D eigenvalue weighted by atomic mass is 10.1. The lowest BCUT2D eigenvalue weighted by Gasteiger charge is -2.05. The maximum absolute atomic E-state index is 11.6. The summed E-state index contributed by atoms with van der Waals surface area (Å²) in [7, 11) is 0. The van der Waals surface area contributed by atoms with Gasteiger partial charge in [0.15, 0.2) is 0 Å². The van der Waals surface area contributed by atoms with Crippen LogP contribution in [-0.4, -0.2) is 23.5 Å². The van der Waals surface area contributed by atoms with Gasteiger partial charge < -0.3 is 10.4 Å². The van der Waals surface area contributed by atoms with Gasteiger partial charge in [0.25, 0.3) is 0 Å². The molecule has 110 valence electrons. The molecule has 0 spiro atoms. The van der Waals surface area contributed by atoms with Crippen LogP contribution in [0.2, 0.25) is 0 Å². The van der Waals surface area contributed by atoms with E-state index in [4.69, 9.17) is 5.11 Å². The van der Waals surface area contributed by atoms with Crippen molar-refractivity contribution in [2.75, 3.05) is 6.54 Å². The summed E-state index contributed by atoms with van der Waals surface area (Å²) in [4.78, 5) is 21.9. The summed E-state index contributed by atoms with van der Waals surface area (Å²) in [5, 5.41) is 11.4. The molecule has 0 atom stereocenters. The number of rotatable bonds is 10. The molecular formula is C16H23NO3. The second-order valence-corrected chi connectivity index (χ2v) is 4.89. The van der Waals surface area contributed by atoms with E-state index in [1.54, 1.807) is 0 Å². The SMILES string of the molecule is O=C(O)CCCCCCNC(=O)CCc1ccccc1. The highest BCUT2D eigenvalue weighted by Gasteiger charge is 2.01. The molecule has 0 aromatic heterocycles. The predicted molar refractivity (Wildman–Crippen MR) is 78.5 cm³/mol. The molecule has 0 bridgehead atoms. The fraction of sp³-hybridized carbons (Fsp3) is 0.500. The van der Waals surface area contributed by atoms with Crippen LogP contribution in [0.1, 0.15) is 44.1 Å². The first-order chi connectivity index (χ1) is 9.68. The number of hydrogen-bond donors (Lipinski definition) is 2. The quantitative estimate of drug-likeness (QED) is 0.646. The first-order valence-electron chi connectivity index (χ1n) is 7.21. The van der Waals surface area contributed by atoms with E-state index in [0.717, 1.165) is 32.1 Å². The van der Waals surface area contributed by atoms with Crippen molar-refractivity contribution >= 4 is 11.9 Å². The van der Waals surface area contributed by atoms with Crippen LogP contribution in [0.25, 0.3) is 0 Å². The largest absolute Gasteiger partial charge is 0.481 e. The normalized spacial score (nSPS) is 10.2. The molecule has 0 aliphatic rings. The monoisotopic (exact) mass is 277 g/mol. The Morgan fingerprint density at radius 2 is 1.65 bits per heavy atom. The molecule has 20 heavy (non-hydrogen) atoms. The van der Waals surface area contributed by atoms with Gasteiger partial charge in [0.2, 0.25) is 5.91 Å². The Hall–Kier alpha value is -1.84. The highest BCUT2D eigenvalue weighted by atomic mass is 16.4. The van der Waals surface area contributed by atoms with Gasteiger partial charge in [0, 0.05) is 19.4 Å². The fourth-order valence-corrected chi connectivity index (χ4v) is 1.97. The Morgan fingerprint density at radius 1 is 0.950 bits per heavy atom. The first kappa shape index (κ1) is 16.2. The minimum absolute atomic E-state index is 0.0828. The third-order valence-corrected chi connectivity index (χ3v) is 3.12. The average molecular weight is 277 g/mol. The second kappa shape index (κ2) is 10.0. The summed E-state index contributed by atoms with van der Waals surface area (Å²) < 4.78 is 0. The molecule has 4 heteroatoms. The molecule has 4 nitrogen and oxygen atoms in total. The molecule has 0 unspecified atom stereocenters. The number of unbranched alkanes of at least 4 members (excludes halogenated alkanes) is 3. The average Bonchev–Trinajstić information content (AvgIpc) is 2.45. The predicted octanol–water partition coefficient (Wildman–Crippen LogP) is 2.77. The standard InChI is InChI=1S/C16H23NO3/c18-15(12-11-14-8-4-3-5-9-14)17-13-7-2-1-6-10-16(19)20/h3-5,8-9H,1-2,6-7,10-13H2,(H,17,18)(H,19,20). The zero-order valence-electron chi connectivity index (χ0n) is 11.8. The van der Waals surface area contributed by atoms with Gasteiger partial charge in [0.1, 0.15) is 0 Å². The van der Waals surface area contributed by atoms with E-state index in [9.17, 15) is 9.59 Å². The lowest BCUT2D eigenvalue weighted by molar-refractivity contribution is -0.137. The summed E-state index contributed by atoms with van der Waals surface area (Å²) in [6.45, 7) is 0.681. The van der Waals surface area contributed by atoms with Crippen molar-refractivity contribution in [3.8, 4) is 0 Å². The van der Waals surface area contributed by atoms with Crippen molar-refractivity contribution in [3.05, 3.63) is 35.9 Å². The van der Waals surface area contributed by atoms with E-state index >= 15 is 0 Å². The van der Waals surface area contributed by atoms with E-state index in [0.29, 0.717) is 13.0 Å². The summed E-state index contributed by atoms with van der Waals surface area (Å²) in [5.74, 6) is -0.654. The molecule has 2 N–H and O–H groups in total. The number of carboxylic acid groups (broad SMARTS) is 1. The van der Waals surface area contributed by atoms with Crippen LogP contribution in [0, 0.1) is 0 Å². The molecule has 0 saturated carbocycles. The number of amides is 1. The van der Waals surface area contributed by atoms with Gasteiger partial charge >= 0.3 is 5.97 Å². The van der Waals surface area contributed by atoms with Crippen LogP contribution in [0.15, 0.2) is 30.3 Å². The number of nitrogens with one attached hydrogen (secondary N) is 1. The molecule has 1 aromatic carbocycles. The van der Waals surface area contributed by atoms with E-state index < -0.39 is 5.97 Å². The second-order valence-electron chi connectivity index (χ2n) is 4.89. The topological polar surface area (TPSA) is 66.4 Å². The maximum atomic E-state index is 11.6. The molecule has 1 amide bonds. The number of carbonyl (C=O) groups is 2. The fourth-order valence-electron chi connectivity index (χ4n) is 1.97. The lowest BCUT2D eigenvalue weighted by Crippen LogP contribution is -2.24. The molecule has 1 rings (SSSR count). The van der Waals surface area contributed by atoms with Crippen molar-refractivity contribution in [1.82, 2.24) is 5.32 Å². The molecular weight excluding hydrogens is 254 g/mol. The van der Waals surface area contributed by atoms with Crippen LogP contribution < -0.4 is 5.32 Å². The van der Waals surface area contributed by atoms with Crippen LogP contribution >= 0.6 is 0 Å². The number of benzene rings is 1. The van der Waals surface area contributed by atoms with Gasteiger partial charge in [-0.05, 0) is 24.8 Å². The van der Waals surface area contributed by atoms with Crippen molar-refractivity contribution in [2.45, 2.75) is 44.9 Å². The third-order valence-electron chi connectivity index (χ3n) is 3.12. The van der Waals surface area contributed by atoms with Gasteiger partial charge in [-0.2, -0.15) is 0 Å². The molecule has 0 aliphatic heterocycles. The Bertz CT molecular complexity index is 403. The van der Waals surface area contributed by atoms with E-state index in [-0.39, 0.29) is 12.3 Å². The van der Waals surface area contributed by atoms with E-state index in [1.807, 2.05) is 30.3 Å². The zero-order valence-corrected chi connectivity index (χ0v) is 11.8. The van der Waals surface area contributed by atoms with Crippen molar-refractivity contribution in [2.24, 2.45) is 0 Å². The van der Waals surface area contributed by atoms with Crippen LogP contribution in [0.5, 0.6) is 0 Å². The van der Waals surface area contributed by atoms with Crippen LogP contribution in [0.3, 0.4) is 0 Å². The summed E-state index contributed by atoms with van der Waals surface area (Å²) in [6, 6.07) is 9.97. The molecule has 1 aromatic rings. The summed E-state index contributed by atoms with van der Waals surface area (Å²) >= 11 is 0. The third kappa shape index (κ3) is 8.29. The Balaban J connectivity index is 1.96. The van der Waals surface area contributed by atoms with E-state index in [2.05, 4.69) is 5.32 Å². The van der Waals surface area contributed by atoms with Crippen molar-refractivity contribution < 1.29 is 14.7 Å². The number of aliphatic carboxylic acids is 1. The molecule has 0 heterocycles. The van der Waals surface area contributed by atoms with Crippen LogP contribution in [0.4, 0.5) is 0 Å². The zero-order chi connectivity index (χ0) is 14.6. The molecule has 0 aliphatic carbocycles. The first-order valence-corrected chi connectivity index (χ1v) is 7.21. The van der Waals surface area contributed by atoms with Gasteiger partial charge in [-0.15, -0.1) is 0 Å². The number of hydrogen-bond acceptors (Lipinski definition) is 2. The minimum atomic E-state index is -0.737. The Kier molecular flexibility index (Phi) is 8.11. The minimum Gasteiger partial charge on any atom is -0.481 e. The Morgan fingerprint density at radius 3 is 2.35 bits per heavy atom. The summed E-state index contributed by atoms with van der Waals surface area (Å²) in [5.41, 5.74) is 1.18. The van der Waals surface area contributed by atoms with Gasteiger partial charge in [-0.3, -0.25) is 9.59 Å². The number of carbonyl (C=O) groups excluding carboxylic acids is 1. The van der Waals surface area contributed by atoms with Gasteiger partial charge in [0.05, 0.1) is 0 Å². The molecule has 0 fully saturated rings. The van der Waals surface area contributed by atoms with Crippen LogP contribution in [-0.2, 0) is 16.0 Å². The Labute approximate surface area is 120 Å². The number of aryl methyl sites for hydroxylation is 1. The van der Waals surface area contributed by atoms with Crippen molar-refractivity contribution in [3.63, 3.8) is 0 Å². The smallest absolute Gasteiger partial charge is 0.303 e. The van der Waals surface area contributed by atoms with Gasteiger partial charge in [-0.25, -0.2) is 0 Å².